The molecule has 1 N–H and O–H groups in total. The predicted molar refractivity (Wildman–Crippen MR) is 95.7 cm³/mol. The number of nitrogens with zero attached hydrogens (tertiary/aromatic N) is 1. The van der Waals surface area contributed by atoms with Gasteiger partial charge < -0.3 is 5.32 Å². The van der Waals surface area contributed by atoms with Gasteiger partial charge in [-0.3, -0.25) is 4.98 Å². The summed E-state index contributed by atoms with van der Waals surface area (Å²) < 4.78 is 1.24. The summed E-state index contributed by atoms with van der Waals surface area (Å²) in [6.07, 6.45) is 4.09. The highest BCUT2D eigenvalue weighted by atomic mass is 127. The van der Waals surface area contributed by atoms with E-state index >= 15 is 0 Å². The number of fused-ring (bicyclic) bond motifs is 2. The third-order valence-electron chi connectivity index (χ3n) is 4.11. The largest absolute Gasteiger partial charge is 0.381 e. The molecule has 1 heterocycles. The normalized spacial score (nSPS) is 14.3. The van der Waals surface area contributed by atoms with Gasteiger partial charge in [0.25, 0.3) is 0 Å². The molecule has 104 valence electrons. The van der Waals surface area contributed by atoms with Crippen molar-refractivity contribution >= 4 is 39.2 Å². The molecule has 0 saturated carbocycles. The molecule has 3 heteroatoms. The van der Waals surface area contributed by atoms with E-state index in [0.717, 1.165) is 18.4 Å². The van der Waals surface area contributed by atoms with Gasteiger partial charge in [0.2, 0.25) is 0 Å². The zero-order valence-corrected chi connectivity index (χ0v) is 13.7. The quantitative estimate of drug-likeness (QED) is 0.660. The lowest BCUT2D eigenvalue weighted by atomic mass is 10.1. The van der Waals surface area contributed by atoms with Crippen LogP contribution < -0.4 is 5.32 Å². The van der Waals surface area contributed by atoms with Crippen LogP contribution in [0.2, 0.25) is 0 Å². The van der Waals surface area contributed by atoms with Gasteiger partial charge in [0.05, 0.1) is 5.52 Å². The fourth-order valence-electron chi connectivity index (χ4n) is 3.13. The number of aromatic nitrogens is 1. The highest BCUT2D eigenvalue weighted by molar-refractivity contribution is 14.1. The molecule has 0 atom stereocenters. The third-order valence-corrected chi connectivity index (χ3v) is 4.79. The molecule has 4 rings (SSSR count). The van der Waals surface area contributed by atoms with Crippen LogP contribution in [0.3, 0.4) is 0 Å². The van der Waals surface area contributed by atoms with Crippen molar-refractivity contribution < 1.29 is 0 Å². The SMILES string of the molecule is Ic1ccc2nccc(NC3Cc4ccccc4C3)c2c1. The molecule has 21 heavy (non-hydrogen) atoms. The van der Waals surface area contributed by atoms with Crippen molar-refractivity contribution in [3.05, 3.63) is 69.4 Å². The van der Waals surface area contributed by atoms with Crippen LogP contribution in [-0.4, -0.2) is 11.0 Å². The molecule has 0 saturated heterocycles. The predicted octanol–water partition coefficient (Wildman–Crippen LogP) is 4.42. The molecule has 3 aromatic rings. The Balaban J connectivity index is 1.66. The van der Waals surface area contributed by atoms with E-state index in [4.69, 9.17) is 0 Å². The van der Waals surface area contributed by atoms with E-state index in [1.54, 1.807) is 0 Å². The topological polar surface area (TPSA) is 24.9 Å². The van der Waals surface area contributed by atoms with Crippen LogP contribution in [0.4, 0.5) is 5.69 Å². The molecule has 0 spiro atoms. The Labute approximate surface area is 137 Å². The fourth-order valence-corrected chi connectivity index (χ4v) is 3.62. The summed E-state index contributed by atoms with van der Waals surface area (Å²) in [7, 11) is 0. The number of rotatable bonds is 2. The maximum absolute atomic E-state index is 4.45. The van der Waals surface area contributed by atoms with Gasteiger partial charge >= 0.3 is 0 Å². The van der Waals surface area contributed by atoms with E-state index in [-0.39, 0.29) is 0 Å². The number of hydrogen-bond donors (Lipinski definition) is 1. The Hall–Kier alpha value is -1.62. The van der Waals surface area contributed by atoms with Gasteiger partial charge in [-0.1, -0.05) is 24.3 Å². The fraction of sp³-hybridized carbons (Fsp3) is 0.167. The van der Waals surface area contributed by atoms with Gasteiger partial charge in [0.15, 0.2) is 0 Å². The minimum absolute atomic E-state index is 0.478. The number of hydrogen-bond acceptors (Lipinski definition) is 2. The molecule has 0 aliphatic heterocycles. The van der Waals surface area contributed by atoms with Crippen molar-refractivity contribution in [2.75, 3.05) is 5.32 Å². The molecule has 1 aliphatic carbocycles. The second-order valence-corrected chi connectivity index (χ2v) is 6.78. The first kappa shape index (κ1) is 13.1. The van der Waals surface area contributed by atoms with Gasteiger partial charge in [-0.25, -0.2) is 0 Å². The average Bonchev–Trinajstić information content (AvgIpc) is 2.90. The molecule has 2 nitrogen and oxygen atoms in total. The Kier molecular flexibility index (Phi) is 3.30. The molecule has 0 amide bonds. The van der Waals surface area contributed by atoms with Crippen molar-refractivity contribution in [2.24, 2.45) is 0 Å². The minimum atomic E-state index is 0.478. The second kappa shape index (κ2) is 5.30. The van der Waals surface area contributed by atoms with Crippen LogP contribution in [-0.2, 0) is 12.8 Å². The summed E-state index contributed by atoms with van der Waals surface area (Å²) in [6.45, 7) is 0. The van der Waals surface area contributed by atoms with E-state index in [0.29, 0.717) is 6.04 Å². The van der Waals surface area contributed by atoms with Crippen LogP contribution in [0.5, 0.6) is 0 Å². The lowest BCUT2D eigenvalue weighted by Gasteiger charge is -2.15. The Bertz CT molecular complexity index is 788. The highest BCUT2D eigenvalue weighted by Crippen LogP contribution is 2.28. The van der Waals surface area contributed by atoms with Crippen LogP contribution in [0.25, 0.3) is 10.9 Å². The molecule has 1 aromatic heterocycles. The average molecular weight is 386 g/mol. The number of nitrogens with one attached hydrogen (secondary N) is 1. The minimum Gasteiger partial charge on any atom is -0.381 e. The van der Waals surface area contributed by atoms with Crippen molar-refractivity contribution in [2.45, 2.75) is 18.9 Å². The molecule has 0 radical (unpaired) electrons. The van der Waals surface area contributed by atoms with E-state index in [2.05, 4.69) is 81.4 Å². The molecule has 1 aliphatic rings. The summed E-state index contributed by atoms with van der Waals surface area (Å²) in [6, 6.07) is 17.7. The summed E-state index contributed by atoms with van der Waals surface area (Å²) >= 11 is 2.35. The molecule has 0 bridgehead atoms. The van der Waals surface area contributed by atoms with E-state index in [9.17, 15) is 0 Å². The van der Waals surface area contributed by atoms with Crippen LogP contribution in [0.1, 0.15) is 11.1 Å². The van der Waals surface area contributed by atoms with Gasteiger partial charge in [-0.05, 0) is 70.8 Å². The van der Waals surface area contributed by atoms with Crippen molar-refractivity contribution in [1.29, 1.82) is 0 Å². The number of anilines is 1. The summed E-state index contributed by atoms with van der Waals surface area (Å²) in [5.41, 5.74) is 5.19. The monoisotopic (exact) mass is 386 g/mol. The Morgan fingerprint density at radius 2 is 1.76 bits per heavy atom. The first-order chi connectivity index (χ1) is 10.3. The molecule has 2 aromatic carbocycles. The summed E-state index contributed by atoms with van der Waals surface area (Å²) in [5.74, 6) is 0. The Morgan fingerprint density at radius 1 is 1.00 bits per heavy atom. The van der Waals surface area contributed by atoms with Crippen molar-refractivity contribution in [3.63, 3.8) is 0 Å². The molecule has 0 fully saturated rings. The standard InChI is InChI=1S/C18H15IN2/c19-14-5-6-17-16(11-14)18(7-8-20-17)21-15-9-12-3-1-2-4-13(12)10-15/h1-8,11,15H,9-10H2,(H,20,21). The first-order valence-corrected chi connectivity index (χ1v) is 8.25. The van der Waals surface area contributed by atoms with Gasteiger partial charge in [-0.15, -0.1) is 0 Å². The van der Waals surface area contributed by atoms with E-state index in [1.807, 2.05) is 6.20 Å². The lowest BCUT2D eigenvalue weighted by Crippen LogP contribution is -2.19. The molecular formula is C18H15IN2. The molecule has 0 unspecified atom stereocenters. The zero-order chi connectivity index (χ0) is 14.2. The Morgan fingerprint density at radius 3 is 2.52 bits per heavy atom. The van der Waals surface area contributed by atoms with Crippen molar-refractivity contribution in [1.82, 2.24) is 4.98 Å². The number of pyridine rings is 1. The summed E-state index contributed by atoms with van der Waals surface area (Å²) in [5, 5.41) is 4.92. The van der Waals surface area contributed by atoms with Gasteiger partial charge in [0, 0.05) is 26.9 Å². The van der Waals surface area contributed by atoms with E-state index < -0.39 is 0 Å². The highest BCUT2D eigenvalue weighted by Gasteiger charge is 2.21. The summed E-state index contributed by atoms with van der Waals surface area (Å²) in [4.78, 5) is 4.45. The smallest absolute Gasteiger partial charge is 0.0723 e. The van der Waals surface area contributed by atoms with Crippen LogP contribution in [0.15, 0.2) is 54.7 Å². The maximum Gasteiger partial charge on any atom is 0.0723 e. The van der Waals surface area contributed by atoms with Crippen LogP contribution in [0, 0.1) is 3.57 Å². The van der Waals surface area contributed by atoms with E-state index in [1.165, 1.54) is 25.8 Å². The maximum atomic E-state index is 4.45. The van der Waals surface area contributed by atoms with Gasteiger partial charge in [-0.2, -0.15) is 0 Å². The third kappa shape index (κ3) is 2.50. The molecular weight excluding hydrogens is 371 g/mol. The lowest BCUT2D eigenvalue weighted by molar-refractivity contribution is 0.775. The number of benzene rings is 2. The van der Waals surface area contributed by atoms with Crippen molar-refractivity contribution in [3.8, 4) is 0 Å². The first-order valence-electron chi connectivity index (χ1n) is 7.17. The number of halogens is 1. The van der Waals surface area contributed by atoms with Crippen LogP contribution >= 0.6 is 22.6 Å². The zero-order valence-electron chi connectivity index (χ0n) is 11.5. The second-order valence-electron chi connectivity index (χ2n) is 5.54. The van der Waals surface area contributed by atoms with Gasteiger partial charge in [0.1, 0.15) is 0 Å².